The molecule has 2 aromatic carbocycles. The number of carbonyl (C=O) groups is 2. The lowest BCUT2D eigenvalue weighted by Crippen LogP contribution is -2.50. The number of nitrogens with one attached hydrogen (secondary N) is 1. The summed E-state index contributed by atoms with van der Waals surface area (Å²) in [5.41, 5.74) is 0.983. The molecule has 10 heteroatoms. The van der Waals surface area contributed by atoms with Crippen LogP contribution in [0.2, 0.25) is 5.02 Å². The second kappa shape index (κ2) is 10.3. The minimum absolute atomic E-state index is 0.0571. The monoisotopic (exact) mass is 479 g/mol. The third-order valence-corrected chi connectivity index (χ3v) is 6.98. The first-order chi connectivity index (χ1) is 15.2. The molecular weight excluding hydrogens is 454 g/mol. The fourth-order valence-corrected chi connectivity index (χ4v) is 4.78. The smallest absolute Gasteiger partial charge is 0.254 e. The first kappa shape index (κ1) is 24.0. The predicted molar refractivity (Wildman–Crippen MR) is 121 cm³/mol. The van der Waals surface area contributed by atoms with Crippen molar-refractivity contribution in [3.63, 3.8) is 0 Å². The quantitative estimate of drug-likeness (QED) is 0.658. The maximum atomic E-state index is 13.0. The molecule has 0 unspecified atom stereocenters. The van der Waals surface area contributed by atoms with E-state index in [4.69, 9.17) is 16.3 Å². The van der Waals surface area contributed by atoms with Gasteiger partial charge in [-0.1, -0.05) is 30.7 Å². The van der Waals surface area contributed by atoms with Gasteiger partial charge in [-0.3, -0.25) is 9.59 Å². The molecule has 32 heavy (non-hydrogen) atoms. The number of methoxy groups -OCH3 is 1. The van der Waals surface area contributed by atoms with Crippen LogP contribution in [0, 0.1) is 0 Å². The number of hydrogen-bond donors (Lipinski definition) is 1. The van der Waals surface area contributed by atoms with E-state index in [2.05, 4.69) is 4.72 Å². The maximum absolute atomic E-state index is 13.0. The minimum atomic E-state index is -3.95. The van der Waals surface area contributed by atoms with E-state index in [9.17, 15) is 18.0 Å². The summed E-state index contributed by atoms with van der Waals surface area (Å²) in [6, 6.07) is 11.2. The molecule has 8 nitrogen and oxygen atoms in total. The Morgan fingerprint density at radius 1 is 1.03 bits per heavy atom. The summed E-state index contributed by atoms with van der Waals surface area (Å²) >= 11 is 5.87. The van der Waals surface area contributed by atoms with Crippen LogP contribution in [0.5, 0.6) is 5.75 Å². The average Bonchev–Trinajstić information content (AvgIpc) is 2.82. The molecular formula is C22H26ClN3O5S. The van der Waals surface area contributed by atoms with Gasteiger partial charge in [-0.2, -0.15) is 0 Å². The molecule has 0 aliphatic carbocycles. The number of rotatable bonds is 7. The number of sulfonamides is 1. The molecule has 1 fully saturated rings. The highest BCUT2D eigenvalue weighted by Gasteiger charge is 2.26. The van der Waals surface area contributed by atoms with Crippen LogP contribution in [0.3, 0.4) is 0 Å². The molecule has 1 N–H and O–H groups in total. The van der Waals surface area contributed by atoms with E-state index in [-0.39, 0.29) is 34.6 Å². The van der Waals surface area contributed by atoms with Gasteiger partial charge in [0.1, 0.15) is 10.6 Å². The highest BCUT2D eigenvalue weighted by atomic mass is 35.5. The van der Waals surface area contributed by atoms with Crippen molar-refractivity contribution in [2.24, 2.45) is 0 Å². The summed E-state index contributed by atoms with van der Waals surface area (Å²) in [5, 5.41) is 0.560. The summed E-state index contributed by atoms with van der Waals surface area (Å²) in [6.07, 6.45) is 0.427. The van der Waals surface area contributed by atoms with Gasteiger partial charge in [-0.15, -0.1) is 0 Å². The van der Waals surface area contributed by atoms with Crippen LogP contribution in [-0.2, 0) is 21.4 Å². The molecule has 0 bridgehead atoms. The van der Waals surface area contributed by atoms with Crippen molar-refractivity contribution in [1.29, 1.82) is 0 Å². The lowest BCUT2D eigenvalue weighted by atomic mass is 10.1. The number of halogens is 1. The molecule has 1 heterocycles. The van der Waals surface area contributed by atoms with Gasteiger partial charge in [0.2, 0.25) is 15.9 Å². The second-order valence-electron chi connectivity index (χ2n) is 7.34. The first-order valence-electron chi connectivity index (χ1n) is 10.2. The number of carbonyl (C=O) groups excluding carboxylic acids is 2. The Balaban J connectivity index is 1.76. The standard InChI is InChI=1S/C22H26ClN3O5S/c1-3-21(27)25-10-12-26(13-11-25)22(28)17-6-9-19(31-2)20(14-17)32(29,30)24-15-16-4-7-18(23)8-5-16/h4-9,14,24H,3,10-13,15H2,1-2H3. The van der Waals surface area contributed by atoms with E-state index in [0.29, 0.717) is 37.6 Å². The van der Waals surface area contributed by atoms with Crippen molar-refractivity contribution in [2.75, 3.05) is 33.3 Å². The Labute approximate surface area is 193 Å². The Morgan fingerprint density at radius 3 is 2.25 bits per heavy atom. The van der Waals surface area contributed by atoms with E-state index in [0.717, 1.165) is 5.56 Å². The summed E-state index contributed by atoms with van der Waals surface area (Å²) in [5.74, 6) is -0.0874. The molecule has 0 spiro atoms. The Hall–Kier alpha value is -2.62. The van der Waals surface area contributed by atoms with Crippen LogP contribution in [0.1, 0.15) is 29.3 Å². The molecule has 2 amide bonds. The molecule has 1 aliphatic heterocycles. The van der Waals surface area contributed by atoms with Gasteiger partial charge in [-0.25, -0.2) is 13.1 Å². The number of amides is 2. The van der Waals surface area contributed by atoms with Gasteiger partial charge < -0.3 is 14.5 Å². The maximum Gasteiger partial charge on any atom is 0.254 e. The lowest BCUT2D eigenvalue weighted by molar-refractivity contribution is -0.132. The van der Waals surface area contributed by atoms with Crippen LogP contribution in [0.25, 0.3) is 0 Å². The number of hydrogen-bond acceptors (Lipinski definition) is 5. The van der Waals surface area contributed by atoms with E-state index in [1.54, 1.807) is 47.1 Å². The van der Waals surface area contributed by atoms with Crippen LogP contribution < -0.4 is 9.46 Å². The third-order valence-electron chi connectivity index (χ3n) is 5.30. The molecule has 0 saturated carbocycles. The lowest BCUT2D eigenvalue weighted by Gasteiger charge is -2.34. The summed E-state index contributed by atoms with van der Waals surface area (Å²) < 4.78 is 33.7. The van der Waals surface area contributed by atoms with Gasteiger partial charge in [-0.05, 0) is 35.9 Å². The second-order valence-corrected chi connectivity index (χ2v) is 9.52. The van der Waals surface area contributed by atoms with E-state index < -0.39 is 10.0 Å². The molecule has 1 saturated heterocycles. The zero-order chi connectivity index (χ0) is 23.3. The Bertz CT molecular complexity index is 1080. The minimum Gasteiger partial charge on any atom is -0.495 e. The molecule has 0 atom stereocenters. The van der Waals surface area contributed by atoms with Gasteiger partial charge >= 0.3 is 0 Å². The van der Waals surface area contributed by atoms with Gasteiger partial charge in [0.25, 0.3) is 5.91 Å². The zero-order valence-corrected chi connectivity index (χ0v) is 19.6. The van der Waals surface area contributed by atoms with Crippen LogP contribution >= 0.6 is 11.6 Å². The van der Waals surface area contributed by atoms with E-state index >= 15 is 0 Å². The molecule has 172 valence electrons. The van der Waals surface area contributed by atoms with Gasteiger partial charge in [0.05, 0.1) is 7.11 Å². The normalized spacial score (nSPS) is 14.3. The number of piperazine rings is 1. The van der Waals surface area contributed by atoms with Gasteiger partial charge in [0, 0.05) is 49.7 Å². The summed E-state index contributed by atoms with van der Waals surface area (Å²) in [4.78, 5) is 28.1. The highest BCUT2D eigenvalue weighted by Crippen LogP contribution is 2.26. The fourth-order valence-electron chi connectivity index (χ4n) is 3.44. The Morgan fingerprint density at radius 2 is 1.66 bits per heavy atom. The predicted octanol–water partition coefficient (Wildman–Crippen LogP) is 2.52. The highest BCUT2D eigenvalue weighted by molar-refractivity contribution is 7.89. The van der Waals surface area contributed by atoms with Crippen molar-refractivity contribution in [3.05, 3.63) is 58.6 Å². The SMILES string of the molecule is CCC(=O)N1CCN(C(=O)c2ccc(OC)c(S(=O)(=O)NCc3ccc(Cl)cc3)c2)CC1. The molecule has 2 aromatic rings. The van der Waals surface area contributed by atoms with Crippen molar-refractivity contribution in [3.8, 4) is 5.75 Å². The largest absolute Gasteiger partial charge is 0.495 e. The fraction of sp³-hybridized carbons (Fsp3) is 0.364. The van der Waals surface area contributed by atoms with E-state index in [1.165, 1.54) is 19.2 Å². The van der Waals surface area contributed by atoms with Gasteiger partial charge in [0.15, 0.2) is 0 Å². The number of ether oxygens (including phenoxy) is 1. The van der Waals surface area contributed by atoms with Crippen molar-refractivity contribution >= 4 is 33.4 Å². The number of benzene rings is 2. The summed E-state index contributed by atoms with van der Waals surface area (Å²) in [6.45, 7) is 3.58. The van der Waals surface area contributed by atoms with Crippen molar-refractivity contribution < 1.29 is 22.7 Å². The van der Waals surface area contributed by atoms with Crippen LogP contribution in [-0.4, -0.2) is 63.3 Å². The summed E-state index contributed by atoms with van der Waals surface area (Å²) in [7, 11) is -2.58. The van der Waals surface area contributed by atoms with Crippen LogP contribution in [0.15, 0.2) is 47.4 Å². The number of nitrogens with zero attached hydrogens (tertiary/aromatic N) is 2. The molecule has 1 aliphatic rings. The first-order valence-corrected chi connectivity index (χ1v) is 12.1. The topological polar surface area (TPSA) is 96.0 Å². The zero-order valence-electron chi connectivity index (χ0n) is 18.0. The Kier molecular flexibility index (Phi) is 7.76. The molecule has 3 rings (SSSR count). The molecule has 0 radical (unpaired) electrons. The van der Waals surface area contributed by atoms with E-state index in [1.807, 2.05) is 0 Å². The average molecular weight is 480 g/mol. The third kappa shape index (κ3) is 5.59. The van der Waals surface area contributed by atoms with Crippen LogP contribution in [0.4, 0.5) is 0 Å². The molecule has 0 aromatic heterocycles. The van der Waals surface area contributed by atoms with Crippen molar-refractivity contribution in [1.82, 2.24) is 14.5 Å². The van der Waals surface area contributed by atoms with Crippen molar-refractivity contribution in [2.45, 2.75) is 24.8 Å².